The Bertz CT molecular complexity index is 1180. The van der Waals surface area contributed by atoms with E-state index >= 15 is 0 Å². The molecule has 1 heterocycles. The van der Waals surface area contributed by atoms with Crippen LogP contribution in [0.15, 0.2) is 48.6 Å². The minimum Gasteiger partial charge on any atom is -0.756 e. The minimum absolute atomic E-state index is 0.0457. The highest BCUT2D eigenvalue weighted by atomic mass is 31.2. The number of carbonyl (C=O) groups excluding carboxylic acids is 2. The van der Waals surface area contributed by atoms with Gasteiger partial charge in [-0.15, -0.1) is 0 Å². The number of ether oxygens (including phenoxy) is 3. The van der Waals surface area contributed by atoms with E-state index in [1.807, 2.05) is 27.2 Å². The van der Waals surface area contributed by atoms with Crippen molar-refractivity contribution < 1.29 is 46.8 Å². The van der Waals surface area contributed by atoms with Crippen molar-refractivity contribution >= 4 is 19.8 Å². The molecule has 57 heavy (non-hydrogen) atoms. The molecule has 4 atom stereocenters. The second kappa shape index (κ2) is 34.8. The van der Waals surface area contributed by atoms with Gasteiger partial charge in [-0.25, -0.2) is 0 Å². The summed E-state index contributed by atoms with van der Waals surface area (Å²) < 4.78 is 39.6. The van der Waals surface area contributed by atoms with Crippen LogP contribution in [-0.4, -0.2) is 82.2 Å². The summed E-state index contributed by atoms with van der Waals surface area (Å²) in [5.41, 5.74) is 0. The number of esters is 2. The second-order valence-corrected chi connectivity index (χ2v) is 17.9. The number of hydrogen-bond acceptors (Lipinski definition) is 9. The van der Waals surface area contributed by atoms with Gasteiger partial charge in [0.1, 0.15) is 19.8 Å². The summed E-state index contributed by atoms with van der Waals surface area (Å²) in [7, 11) is 1.11. The SMILES string of the molecule is CCCCCCCC/C=C\CCCCCCCC(=O)OCC(COP(=O)([O-])OCC[N+](C)(C)C)OC(=O)CCC/C=C\C/C=C\C/C=C\CC1OC1CCCCC. The average molecular weight is 824 g/mol. The van der Waals surface area contributed by atoms with Gasteiger partial charge in [-0.3, -0.25) is 14.2 Å². The van der Waals surface area contributed by atoms with Gasteiger partial charge in [0.25, 0.3) is 7.82 Å². The van der Waals surface area contributed by atoms with Crippen molar-refractivity contribution in [3.63, 3.8) is 0 Å². The first-order valence-electron chi connectivity index (χ1n) is 22.5. The van der Waals surface area contributed by atoms with Crippen molar-refractivity contribution in [3.8, 4) is 0 Å². The van der Waals surface area contributed by atoms with Crippen LogP contribution in [0.25, 0.3) is 0 Å². The number of carbonyl (C=O) groups is 2. The summed E-state index contributed by atoms with van der Waals surface area (Å²) >= 11 is 0. The van der Waals surface area contributed by atoms with Crippen LogP contribution < -0.4 is 4.89 Å². The molecule has 0 N–H and O–H groups in total. The minimum atomic E-state index is -4.65. The Morgan fingerprint density at radius 3 is 1.86 bits per heavy atom. The van der Waals surface area contributed by atoms with E-state index in [0.29, 0.717) is 42.5 Å². The van der Waals surface area contributed by atoms with E-state index in [0.717, 1.165) is 51.4 Å². The van der Waals surface area contributed by atoms with Crippen molar-refractivity contribution in [2.24, 2.45) is 0 Å². The largest absolute Gasteiger partial charge is 0.756 e. The number of quaternary nitrogens is 1. The lowest BCUT2D eigenvalue weighted by Crippen LogP contribution is -2.37. The van der Waals surface area contributed by atoms with Gasteiger partial charge in [0, 0.05) is 12.8 Å². The Balaban J connectivity index is 2.32. The number of rotatable bonds is 39. The van der Waals surface area contributed by atoms with Gasteiger partial charge in [-0.2, -0.15) is 0 Å². The van der Waals surface area contributed by atoms with Crippen molar-refractivity contribution in [2.75, 3.05) is 47.5 Å². The van der Waals surface area contributed by atoms with Gasteiger partial charge >= 0.3 is 11.9 Å². The van der Waals surface area contributed by atoms with E-state index in [1.165, 1.54) is 70.6 Å². The number of likely N-dealkylation sites (N-methyl/N-ethyl adjacent to an activating group) is 1. The molecule has 0 bridgehead atoms. The molecule has 1 fully saturated rings. The Morgan fingerprint density at radius 2 is 1.19 bits per heavy atom. The lowest BCUT2D eigenvalue weighted by molar-refractivity contribution is -0.870. The molecule has 330 valence electrons. The summed E-state index contributed by atoms with van der Waals surface area (Å²) in [5.74, 6) is -0.917. The first kappa shape index (κ1) is 52.9. The molecule has 1 rings (SSSR count). The number of unbranched alkanes of at least 4 members (excludes halogenated alkanes) is 14. The molecule has 0 aromatic rings. The van der Waals surface area contributed by atoms with Gasteiger partial charge in [0.15, 0.2) is 6.10 Å². The van der Waals surface area contributed by atoms with E-state index in [1.54, 1.807) is 0 Å². The highest BCUT2D eigenvalue weighted by molar-refractivity contribution is 7.45. The maximum atomic E-state index is 12.7. The van der Waals surface area contributed by atoms with Crippen LogP contribution in [0, 0.1) is 0 Å². The van der Waals surface area contributed by atoms with E-state index < -0.39 is 32.5 Å². The number of hydrogen-bond donors (Lipinski definition) is 0. The van der Waals surface area contributed by atoms with Crippen LogP contribution in [0.1, 0.15) is 168 Å². The standard InChI is InChI=1S/C46H82NO9P/c1-6-8-10-11-12-13-14-15-16-17-18-22-25-28-32-36-45(48)52-40-42(41-54-57(50,51)53-39-38-47(3,4)5)55-46(49)37-33-29-26-23-20-19-21-24-27-31-35-44-43(56-44)34-30-9-7-2/h15-16,19,21,23,26-27,31,42-44H,6-14,17-18,20,22,24-25,28-30,32-41H2,1-5H3/b16-15-,21-19-,26-23-,31-27-. The topological polar surface area (TPSA) is 124 Å². The molecule has 1 aliphatic rings. The average Bonchev–Trinajstić information content (AvgIpc) is 3.91. The predicted octanol–water partition coefficient (Wildman–Crippen LogP) is 11.0. The molecule has 11 heteroatoms. The highest BCUT2D eigenvalue weighted by Crippen LogP contribution is 2.38. The Morgan fingerprint density at radius 1 is 0.649 bits per heavy atom. The summed E-state index contributed by atoms with van der Waals surface area (Å²) in [6, 6.07) is 0. The summed E-state index contributed by atoms with van der Waals surface area (Å²) in [5, 5.41) is 0. The molecule has 0 aliphatic carbocycles. The summed E-state index contributed by atoms with van der Waals surface area (Å²) in [4.78, 5) is 37.5. The molecular formula is C46H82NO9P. The Kier molecular flexibility index (Phi) is 32.3. The zero-order valence-electron chi connectivity index (χ0n) is 36.7. The van der Waals surface area contributed by atoms with Crippen molar-refractivity contribution in [2.45, 2.75) is 186 Å². The van der Waals surface area contributed by atoms with Gasteiger partial charge in [0.2, 0.25) is 0 Å². The molecule has 1 saturated heterocycles. The lowest BCUT2D eigenvalue weighted by Gasteiger charge is -2.28. The fourth-order valence-corrected chi connectivity index (χ4v) is 6.82. The van der Waals surface area contributed by atoms with Crippen molar-refractivity contribution in [1.29, 1.82) is 0 Å². The van der Waals surface area contributed by atoms with Crippen molar-refractivity contribution in [1.82, 2.24) is 0 Å². The molecule has 0 amide bonds. The first-order valence-corrected chi connectivity index (χ1v) is 23.9. The third kappa shape index (κ3) is 35.6. The normalized spacial score (nSPS) is 17.6. The first-order chi connectivity index (χ1) is 27.5. The fourth-order valence-electron chi connectivity index (χ4n) is 6.09. The number of phosphoric acid groups is 1. The van der Waals surface area contributed by atoms with E-state index in [2.05, 4.69) is 56.4 Å². The monoisotopic (exact) mass is 824 g/mol. The van der Waals surface area contributed by atoms with Gasteiger partial charge in [0.05, 0.1) is 40.0 Å². The Hall–Kier alpha value is -2.07. The third-order valence-corrected chi connectivity index (χ3v) is 10.7. The van der Waals surface area contributed by atoms with E-state index in [9.17, 15) is 19.0 Å². The highest BCUT2D eigenvalue weighted by Gasteiger charge is 2.36. The third-order valence-electron chi connectivity index (χ3n) is 9.75. The molecule has 4 unspecified atom stereocenters. The maximum absolute atomic E-state index is 12.7. The zero-order chi connectivity index (χ0) is 41.9. The van der Waals surface area contributed by atoms with Crippen LogP contribution in [-0.2, 0) is 37.4 Å². The van der Waals surface area contributed by atoms with E-state index in [4.69, 9.17) is 23.3 Å². The van der Waals surface area contributed by atoms with Crippen LogP contribution in [0.3, 0.4) is 0 Å². The van der Waals surface area contributed by atoms with Crippen molar-refractivity contribution in [3.05, 3.63) is 48.6 Å². The molecule has 0 aromatic carbocycles. The van der Waals surface area contributed by atoms with Gasteiger partial charge in [-0.05, 0) is 70.6 Å². The summed E-state index contributed by atoms with van der Waals surface area (Å²) in [6.07, 6.45) is 41.7. The Labute approximate surface area is 348 Å². The molecule has 0 spiro atoms. The molecule has 0 aromatic heterocycles. The van der Waals surface area contributed by atoms with Gasteiger partial charge in [-0.1, -0.05) is 133 Å². The quantitative estimate of drug-likeness (QED) is 0.0149. The maximum Gasteiger partial charge on any atom is 0.306 e. The van der Waals surface area contributed by atoms with Crippen LogP contribution in [0.5, 0.6) is 0 Å². The number of allylic oxidation sites excluding steroid dienone is 7. The second-order valence-electron chi connectivity index (χ2n) is 16.4. The molecule has 0 radical (unpaired) electrons. The van der Waals surface area contributed by atoms with Gasteiger partial charge < -0.3 is 32.6 Å². The van der Waals surface area contributed by atoms with Crippen LogP contribution in [0.4, 0.5) is 0 Å². The van der Waals surface area contributed by atoms with E-state index in [-0.39, 0.29) is 26.1 Å². The fraction of sp³-hybridized carbons (Fsp3) is 0.783. The molecular weight excluding hydrogens is 741 g/mol. The number of phosphoric ester groups is 1. The number of epoxide rings is 1. The van der Waals surface area contributed by atoms with Crippen LogP contribution in [0.2, 0.25) is 0 Å². The predicted molar refractivity (Wildman–Crippen MR) is 231 cm³/mol. The lowest BCUT2D eigenvalue weighted by atomic mass is 10.1. The zero-order valence-corrected chi connectivity index (χ0v) is 37.6. The van der Waals surface area contributed by atoms with Crippen LogP contribution >= 0.6 is 7.82 Å². The molecule has 0 saturated carbocycles. The smallest absolute Gasteiger partial charge is 0.306 e. The molecule has 10 nitrogen and oxygen atoms in total. The molecule has 1 aliphatic heterocycles. The number of nitrogens with zero attached hydrogens (tertiary/aromatic N) is 1. The summed E-state index contributed by atoms with van der Waals surface area (Å²) in [6.45, 7) is 4.10.